The number of methoxy groups -OCH3 is 1. The monoisotopic (exact) mass is 544 g/mol. The minimum Gasteiger partial charge on any atom is -0.496 e. The molecule has 0 radical (unpaired) electrons. The largest absolute Gasteiger partial charge is 0.496 e. The van der Waals surface area contributed by atoms with Crippen LogP contribution in [0, 0.1) is 12.7 Å². The molecule has 37 heavy (non-hydrogen) atoms. The molecule has 1 aliphatic rings. The van der Waals surface area contributed by atoms with E-state index >= 15 is 0 Å². The van der Waals surface area contributed by atoms with E-state index in [-0.39, 0.29) is 34.6 Å². The molecule has 196 valence electrons. The molecule has 1 aliphatic heterocycles. The smallest absolute Gasteiger partial charge is 0.185 e. The third kappa shape index (κ3) is 5.94. The molecule has 3 aromatic rings. The van der Waals surface area contributed by atoms with E-state index in [0.717, 1.165) is 17.6 Å². The van der Waals surface area contributed by atoms with Gasteiger partial charge >= 0.3 is 0 Å². The predicted octanol–water partition coefficient (Wildman–Crippen LogP) is 7.40. The molecule has 0 N–H and O–H groups in total. The first kappa shape index (κ1) is 27.0. The van der Waals surface area contributed by atoms with Gasteiger partial charge in [-0.1, -0.05) is 29.3 Å². The molecular weight excluding hydrogens is 515 g/mol. The van der Waals surface area contributed by atoms with Crippen molar-refractivity contribution in [2.45, 2.75) is 56.0 Å². The molecule has 2 atom stereocenters. The second-order valence-corrected chi connectivity index (χ2v) is 11.9. The maximum atomic E-state index is 14.2. The lowest BCUT2D eigenvalue weighted by molar-refractivity contribution is 0.160. The molecule has 0 fully saturated rings. The van der Waals surface area contributed by atoms with Gasteiger partial charge in [0.05, 0.1) is 22.3 Å². The number of benzene rings is 3. The predicted molar refractivity (Wildman–Crippen MR) is 143 cm³/mol. The highest BCUT2D eigenvalue weighted by Gasteiger charge is 2.38. The summed E-state index contributed by atoms with van der Waals surface area (Å²) in [6.45, 7) is 7.66. The summed E-state index contributed by atoms with van der Waals surface area (Å²) in [7, 11) is -2.30. The van der Waals surface area contributed by atoms with Crippen LogP contribution in [0.4, 0.5) is 4.39 Å². The minimum atomic E-state index is -3.81. The Bertz CT molecular complexity index is 1400. The highest BCUT2D eigenvalue weighted by Crippen LogP contribution is 2.45. The molecule has 8 heteroatoms. The number of hydrogen-bond acceptors (Lipinski definition) is 5. The summed E-state index contributed by atoms with van der Waals surface area (Å²) < 4.78 is 59.5. The van der Waals surface area contributed by atoms with Gasteiger partial charge in [-0.05, 0) is 74.7 Å². The van der Waals surface area contributed by atoms with Crippen LogP contribution < -0.4 is 14.2 Å². The van der Waals surface area contributed by atoms with Gasteiger partial charge in [-0.25, -0.2) is 12.8 Å². The van der Waals surface area contributed by atoms with Crippen LogP contribution in [0.15, 0.2) is 71.6 Å². The van der Waals surface area contributed by atoms with Crippen LogP contribution in [0.1, 0.15) is 48.1 Å². The second-order valence-electron chi connectivity index (χ2n) is 9.32. The molecule has 0 aliphatic carbocycles. The van der Waals surface area contributed by atoms with Gasteiger partial charge < -0.3 is 14.2 Å². The summed E-state index contributed by atoms with van der Waals surface area (Å²) >= 11 is 6.13. The SMILES string of the molecule is C=C(C)CCC1CC(S(=O)(=O)c2ccc(C)c(OC)c2)c2cc(OCc3c(F)cccc3Cl)ccc2O1. The topological polar surface area (TPSA) is 61.8 Å². The van der Waals surface area contributed by atoms with Crippen molar-refractivity contribution < 1.29 is 27.0 Å². The maximum absolute atomic E-state index is 14.2. The van der Waals surface area contributed by atoms with Crippen molar-refractivity contribution in [3.8, 4) is 17.2 Å². The zero-order valence-corrected chi connectivity index (χ0v) is 22.7. The van der Waals surface area contributed by atoms with Crippen LogP contribution in [0.25, 0.3) is 0 Å². The second kappa shape index (κ2) is 11.2. The molecule has 1 heterocycles. The number of allylic oxidation sites excluding steroid dienone is 1. The standard InChI is InChI=1S/C29H30ClFO5S/c1-18(2)8-10-21-15-29(37(32,33)22-12-9-19(3)28(16-22)34-4)23-14-20(11-13-27(23)36-21)35-17-24-25(30)6-5-7-26(24)31/h5-7,9,11-14,16,21,29H,1,8,10,15,17H2,2-4H3. The van der Waals surface area contributed by atoms with Crippen LogP contribution in [-0.2, 0) is 16.4 Å². The first-order chi connectivity index (χ1) is 17.6. The van der Waals surface area contributed by atoms with Gasteiger partial charge in [0, 0.05) is 17.5 Å². The number of sulfone groups is 1. The van der Waals surface area contributed by atoms with Crippen LogP contribution in [0.3, 0.4) is 0 Å². The zero-order valence-electron chi connectivity index (χ0n) is 21.1. The van der Waals surface area contributed by atoms with E-state index in [4.69, 9.17) is 25.8 Å². The lowest BCUT2D eigenvalue weighted by Gasteiger charge is -2.32. The van der Waals surface area contributed by atoms with Crippen LogP contribution in [0.5, 0.6) is 17.2 Å². The molecule has 0 saturated carbocycles. The molecule has 2 unspecified atom stereocenters. The van der Waals surface area contributed by atoms with Gasteiger partial charge in [0.2, 0.25) is 0 Å². The maximum Gasteiger partial charge on any atom is 0.185 e. The molecular formula is C29H30ClFO5S. The fourth-order valence-corrected chi connectivity index (χ4v) is 6.48. The van der Waals surface area contributed by atoms with Crippen LogP contribution in [-0.4, -0.2) is 21.6 Å². The third-order valence-corrected chi connectivity index (χ3v) is 8.98. The van der Waals surface area contributed by atoms with E-state index < -0.39 is 20.9 Å². The first-order valence-electron chi connectivity index (χ1n) is 12.0. The van der Waals surface area contributed by atoms with Crippen LogP contribution >= 0.6 is 11.6 Å². The van der Waals surface area contributed by atoms with Gasteiger partial charge in [0.15, 0.2) is 9.84 Å². The van der Waals surface area contributed by atoms with E-state index in [1.807, 2.05) is 13.8 Å². The molecule has 4 rings (SSSR count). The number of rotatable bonds is 9. The van der Waals surface area contributed by atoms with Crippen molar-refractivity contribution >= 4 is 21.4 Å². The fraction of sp³-hybridized carbons (Fsp3) is 0.310. The Hall–Kier alpha value is -3.03. The molecule has 0 saturated heterocycles. The lowest BCUT2D eigenvalue weighted by Crippen LogP contribution is -2.30. The zero-order chi connectivity index (χ0) is 26.7. The van der Waals surface area contributed by atoms with Gasteiger partial charge in [0.1, 0.15) is 35.8 Å². The number of fused-ring (bicyclic) bond motifs is 1. The Morgan fingerprint density at radius 1 is 1.19 bits per heavy atom. The van der Waals surface area contributed by atoms with Crippen molar-refractivity contribution in [3.05, 3.63) is 94.3 Å². The quantitative estimate of drug-likeness (QED) is 0.263. The normalized spacial score (nSPS) is 17.0. The molecule has 5 nitrogen and oxygen atoms in total. The third-order valence-electron chi connectivity index (χ3n) is 6.52. The molecule has 3 aromatic carbocycles. The van der Waals surface area contributed by atoms with Crippen molar-refractivity contribution in [3.63, 3.8) is 0 Å². The van der Waals surface area contributed by atoms with Crippen molar-refractivity contribution in [1.29, 1.82) is 0 Å². The van der Waals surface area contributed by atoms with Crippen molar-refractivity contribution in [2.75, 3.05) is 7.11 Å². The molecule has 0 aromatic heterocycles. The number of halogens is 2. The summed E-state index contributed by atoms with van der Waals surface area (Å²) in [4.78, 5) is 0.177. The van der Waals surface area contributed by atoms with Gasteiger partial charge in [-0.3, -0.25) is 0 Å². The lowest BCUT2D eigenvalue weighted by atomic mass is 9.97. The Balaban J connectivity index is 1.70. The molecule has 0 spiro atoms. The Morgan fingerprint density at radius 3 is 2.68 bits per heavy atom. The summed E-state index contributed by atoms with van der Waals surface area (Å²) in [6, 6.07) is 14.4. The van der Waals surface area contributed by atoms with E-state index in [1.165, 1.54) is 19.2 Å². The average Bonchev–Trinajstić information content (AvgIpc) is 2.86. The fourth-order valence-electron chi connectivity index (χ4n) is 4.41. The van der Waals surface area contributed by atoms with Crippen molar-refractivity contribution in [2.24, 2.45) is 0 Å². The van der Waals surface area contributed by atoms with Gasteiger partial charge in [0.25, 0.3) is 0 Å². The van der Waals surface area contributed by atoms with Gasteiger partial charge in [-0.2, -0.15) is 0 Å². The Kier molecular flexibility index (Phi) is 8.14. The van der Waals surface area contributed by atoms with E-state index in [9.17, 15) is 12.8 Å². The van der Waals surface area contributed by atoms with E-state index in [2.05, 4.69) is 6.58 Å². The summed E-state index contributed by atoms with van der Waals surface area (Å²) in [5.41, 5.74) is 2.58. The summed E-state index contributed by atoms with van der Waals surface area (Å²) in [5.74, 6) is 0.916. The highest BCUT2D eigenvalue weighted by atomic mass is 35.5. The van der Waals surface area contributed by atoms with E-state index in [0.29, 0.717) is 29.2 Å². The number of aryl methyl sites for hydroxylation is 1. The first-order valence-corrected chi connectivity index (χ1v) is 13.9. The molecule has 0 bridgehead atoms. The summed E-state index contributed by atoms with van der Waals surface area (Å²) in [6.07, 6.45) is 1.37. The minimum absolute atomic E-state index is 0.0982. The summed E-state index contributed by atoms with van der Waals surface area (Å²) in [5, 5.41) is -0.602. The average molecular weight is 545 g/mol. The van der Waals surface area contributed by atoms with Gasteiger partial charge in [-0.15, -0.1) is 6.58 Å². The number of hydrogen-bond donors (Lipinski definition) is 0. The molecule has 0 amide bonds. The highest BCUT2D eigenvalue weighted by molar-refractivity contribution is 7.91. The van der Waals surface area contributed by atoms with E-state index in [1.54, 1.807) is 42.5 Å². The number of ether oxygens (including phenoxy) is 3. The Morgan fingerprint density at radius 2 is 1.97 bits per heavy atom. The van der Waals surface area contributed by atoms with Crippen LogP contribution in [0.2, 0.25) is 5.02 Å². The Labute approximate surface area is 222 Å². The van der Waals surface area contributed by atoms with Crippen molar-refractivity contribution in [1.82, 2.24) is 0 Å².